The second kappa shape index (κ2) is 9.87. The maximum atomic E-state index is 11.9. The topological polar surface area (TPSA) is 87.7 Å². The summed E-state index contributed by atoms with van der Waals surface area (Å²) in [4.78, 5) is 0. The normalized spacial score (nSPS) is 15.9. The summed E-state index contributed by atoms with van der Waals surface area (Å²) < 4.78 is 33.4. The molecule has 1 aliphatic heterocycles. The van der Waals surface area contributed by atoms with E-state index < -0.39 is 10.0 Å². The number of hydrogen-bond donors (Lipinski definition) is 3. The molecule has 160 valence electrons. The van der Waals surface area contributed by atoms with E-state index >= 15 is 0 Å². The Morgan fingerprint density at radius 1 is 1.24 bits per heavy atom. The van der Waals surface area contributed by atoms with Crippen molar-refractivity contribution < 1.29 is 18.3 Å². The number of phenolic OH excluding ortho intramolecular Hbond substituents is 1. The molecule has 1 heterocycles. The molecular formula is C19H23Br2ClN2O4S. The lowest BCUT2D eigenvalue weighted by Crippen LogP contribution is -2.31. The van der Waals surface area contributed by atoms with Gasteiger partial charge in [0.05, 0.1) is 27.5 Å². The van der Waals surface area contributed by atoms with Gasteiger partial charge in [-0.15, -0.1) is 12.4 Å². The van der Waals surface area contributed by atoms with E-state index in [-0.39, 0.29) is 35.6 Å². The summed E-state index contributed by atoms with van der Waals surface area (Å²) in [7, 11) is -1.85. The number of rotatable bonds is 6. The monoisotopic (exact) mass is 568 g/mol. The zero-order chi connectivity index (χ0) is 20.5. The fraction of sp³-hybridized carbons (Fsp3) is 0.368. The van der Waals surface area contributed by atoms with Gasteiger partial charge in [0.2, 0.25) is 10.0 Å². The predicted molar refractivity (Wildman–Crippen MR) is 125 cm³/mol. The highest BCUT2D eigenvalue weighted by molar-refractivity contribution is 9.11. The lowest BCUT2D eigenvalue weighted by atomic mass is 9.89. The van der Waals surface area contributed by atoms with Gasteiger partial charge in [0, 0.05) is 6.04 Å². The number of hydrogen-bond acceptors (Lipinski definition) is 5. The number of ether oxygens (including phenoxy) is 1. The van der Waals surface area contributed by atoms with Crippen LogP contribution in [0, 0.1) is 0 Å². The summed E-state index contributed by atoms with van der Waals surface area (Å²) in [5.74, 6) is 0.632. The van der Waals surface area contributed by atoms with Gasteiger partial charge in [0.25, 0.3) is 0 Å². The van der Waals surface area contributed by atoms with E-state index in [9.17, 15) is 13.5 Å². The molecule has 0 aromatic heterocycles. The average molecular weight is 571 g/mol. The minimum absolute atomic E-state index is 0. The van der Waals surface area contributed by atoms with Gasteiger partial charge < -0.3 is 15.2 Å². The molecule has 10 heteroatoms. The van der Waals surface area contributed by atoms with Crippen LogP contribution in [0.1, 0.15) is 29.7 Å². The molecule has 2 aromatic rings. The van der Waals surface area contributed by atoms with Crippen molar-refractivity contribution in [3.8, 4) is 11.5 Å². The zero-order valence-corrected chi connectivity index (χ0v) is 20.8. The first-order valence-corrected chi connectivity index (χ1v) is 12.1. The molecule has 3 N–H and O–H groups in total. The summed E-state index contributed by atoms with van der Waals surface area (Å²) in [5, 5.41) is 13.8. The number of phenols is 1. The number of nitrogens with one attached hydrogen (secondary N) is 2. The van der Waals surface area contributed by atoms with E-state index in [0.717, 1.165) is 44.4 Å². The van der Waals surface area contributed by atoms with Crippen molar-refractivity contribution in [1.29, 1.82) is 0 Å². The number of methoxy groups -OCH3 is 1. The molecule has 0 bridgehead atoms. The van der Waals surface area contributed by atoms with Gasteiger partial charge in [-0.25, -0.2) is 8.42 Å². The third-order valence-corrected chi connectivity index (χ3v) is 7.23. The number of anilines is 1. The Morgan fingerprint density at radius 2 is 1.90 bits per heavy atom. The van der Waals surface area contributed by atoms with E-state index in [2.05, 4.69) is 41.9 Å². The van der Waals surface area contributed by atoms with Crippen LogP contribution in [-0.4, -0.2) is 32.9 Å². The first kappa shape index (κ1) is 24.3. The fourth-order valence-electron chi connectivity index (χ4n) is 3.34. The highest BCUT2D eigenvalue weighted by Crippen LogP contribution is 2.38. The largest absolute Gasteiger partial charge is 0.506 e. The average Bonchev–Trinajstić information content (AvgIpc) is 2.62. The Kier molecular flexibility index (Phi) is 8.26. The number of fused-ring (bicyclic) bond motifs is 1. The van der Waals surface area contributed by atoms with Crippen molar-refractivity contribution in [3.63, 3.8) is 0 Å². The molecule has 0 radical (unpaired) electrons. The number of sulfonamides is 1. The SMILES string of the molecule is CCS(=O)(=O)Nc1cc2c(cc1O)CCNC2Cc1cc(Br)c(OC)c(Br)c1.Cl. The summed E-state index contributed by atoms with van der Waals surface area (Å²) in [6, 6.07) is 7.43. The molecule has 1 unspecified atom stereocenters. The Labute approximate surface area is 194 Å². The van der Waals surface area contributed by atoms with Crippen molar-refractivity contribution in [2.45, 2.75) is 25.8 Å². The van der Waals surface area contributed by atoms with Crippen LogP contribution in [0.25, 0.3) is 0 Å². The van der Waals surface area contributed by atoms with E-state index in [1.165, 1.54) is 0 Å². The van der Waals surface area contributed by atoms with Crippen LogP contribution in [-0.2, 0) is 22.9 Å². The molecule has 6 nitrogen and oxygen atoms in total. The van der Waals surface area contributed by atoms with Crippen LogP contribution in [0.5, 0.6) is 11.5 Å². The van der Waals surface area contributed by atoms with Crippen LogP contribution < -0.4 is 14.8 Å². The Morgan fingerprint density at radius 3 is 2.48 bits per heavy atom. The predicted octanol–water partition coefficient (Wildman–Crippen LogP) is 4.54. The molecule has 0 fully saturated rings. The van der Waals surface area contributed by atoms with Gasteiger partial charge in [0.15, 0.2) is 0 Å². The number of halogens is 3. The lowest BCUT2D eigenvalue weighted by Gasteiger charge is -2.28. The standard InChI is InChI=1S/C19H22Br2N2O4S.ClH/c1-3-28(25,26)23-17-10-13-12(9-18(17)24)4-5-22-16(13)8-11-6-14(20)19(27-2)15(21)7-11;/h6-7,9-10,16,22-24H,3-5,8H2,1-2H3;1H. The van der Waals surface area contributed by atoms with Crippen molar-refractivity contribution >= 4 is 60.0 Å². The molecular weight excluding hydrogens is 548 g/mol. The summed E-state index contributed by atoms with van der Waals surface area (Å²) >= 11 is 7.06. The van der Waals surface area contributed by atoms with E-state index in [4.69, 9.17) is 4.74 Å². The third-order valence-electron chi connectivity index (χ3n) is 4.77. The van der Waals surface area contributed by atoms with Gasteiger partial charge in [-0.3, -0.25) is 4.72 Å². The molecule has 0 saturated carbocycles. The summed E-state index contributed by atoms with van der Waals surface area (Å²) in [5.41, 5.74) is 3.31. The van der Waals surface area contributed by atoms with Crippen LogP contribution in [0.2, 0.25) is 0 Å². The Balaban J connectivity index is 0.00000300. The summed E-state index contributed by atoms with van der Waals surface area (Å²) in [6.45, 7) is 2.34. The van der Waals surface area contributed by atoms with Crippen molar-refractivity contribution in [3.05, 3.63) is 49.9 Å². The molecule has 2 aromatic carbocycles. The first-order chi connectivity index (χ1) is 13.2. The molecule has 0 spiro atoms. The smallest absolute Gasteiger partial charge is 0.232 e. The molecule has 1 atom stereocenters. The van der Waals surface area contributed by atoms with Crippen molar-refractivity contribution in [2.75, 3.05) is 24.1 Å². The van der Waals surface area contributed by atoms with Gasteiger partial charge in [-0.1, -0.05) is 0 Å². The minimum Gasteiger partial charge on any atom is -0.506 e. The Bertz CT molecular complexity index is 979. The fourth-order valence-corrected chi connectivity index (χ4v) is 5.59. The molecule has 0 amide bonds. The minimum atomic E-state index is -3.47. The highest BCUT2D eigenvalue weighted by Gasteiger charge is 2.24. The zero-order valence-electron chi connectivity index (χ0n) is 16.0. The van der Waals surface area contributed by atoms with Crippen molar-refractivity contribution in [1.82, 2.24) is 5.32 Å². The number of benzene rings is 2. The quantitative estimate of drug-likeness (QED) is 0.444. The highest BCUT2D eigenvalue weighted by atomic mass is 79.9. The Hall–Kier alpha value is -1.000. The molecule has 29 heavy (non-hydrogen) atoms. The third kappa shape index (κ3) is 5.58. The van der Waals surface area contributed by atoms with Crippen LogP contribution in [0.3, 0.4) is 0 Å². The van der Waals surface area contributed by atoms with Gasteiger partial charge >= 0.3 is 0 Å². The van der Waals surface area contributed by atoms with Crippen LogP contribution in [0.15, 0.2) is 33.2 Å². The van der Waals surface area contributed by atoms with Gasteiger partial charge in [-0.05, 0) is 99.1 Å². The molecule has 0 saturated heterocycles. The van der Waals surface area contributed by atoms with Crippen LogP contribution in [0.4, 0.5) is 5.69 Å². The van der Waals surface area contributed by atoms with Gasteiger partial charge in [0.1, 0.15) is 11.5 Å². The van der Waals surface area contributed by atoms with E-state index in [1.807, 2.05) is 12.1 Å². The summed E-state index contributed by atoms with van der Waals surface area (Å²) in [6.07, 6.45) is 1.48. The molecule has 1 aliphatic rings. The van der Waals surface area contributed by atoms with Gasteiger partial charge in [-0.2, -0.15) is 0 Å². The first-order valence-electron chi connectivity index (χ1n) is 8.85. The van der Waals surface area contributed by atoms with E-state index in [1.54, 1.807) is 26.2 Å². The second-order valence-electron chi connectivity index (χ2n) is 6.63. The maximum absolute atomic E-state index is 11.9. The number of aromatic hydroxyl groups is 1. The van der Waals surface area contributed by atoms with E-state index in [0.29, 0.717) is 6.42 Å². The van der Waals surface area contributed by atoms with Crippen molar-refractivity contribution in [2.24, 2.45) is 0 Å². The second-order valence-corrected chi connectivity index (χ2v) is 10.3. The maximum Gasteiger partial charge on any atom is 0.232 e. The molecule has 3 rings (SSSR count). The van der Waals surface area contributed by atoms with Crippen LogP contribution >= 0.6 is 44.3 Å². The lowest BCUT2D eigenvalue weighted by molar-refractivity contribution is 0.409. The molecule has 0 aliphatic carbocycles.